The number of halogens is 1. The number of rotatable bonds is 5. The molecule has 0 radical (unpaired) electrons. The number of hydrogen-bond acceptors (Lipinski definition) is 3. The van der Waals surface area contributed by atoms with Crippen molar-refractivity contribution in [2.75, 3.05) is 5.32 Å². The Morgan fingerprint density at radius 1 is 1.33 bits per heavy atom. The van der Waals surface area contributed by atoms with Gasteiger partial charge in [0.25, 0.3) is 5.56 Å². The number of anilines is 1. The van der Waals surface area contributed by atoms with Crippen LogP contribution >= 0.6 is 27.3 Å². The summed E-state index contributed by atoms with van der Waals surface area (Å²) in [6.45, 7) is 3.61. The fraction of sp³-hybridized carbons (Fsp3) is 0.308. The van der Waals surface area contributed by atoms with Crippen LogP contribution < -0.4 is 10.9 Å². The highest BCUT2D eigenvalue weighted by Gasteiger charge is 2.00. The predicted molar refractivity (Wildman–Crippen MR) is 80.3 cm³/mol. The molecule has 2 heterocycles. The molecule has 18 heavy (non-hydrogen) atoms. The molecule has 0 amide bonds. The highest BCUT2D eigenvalue weighted by atomic mass is 79.9. The molecule has 0 aliphatic rings. The monoisotopic (exact) mass is 326 g/mol. The zero-order valence-corrected chi connectivity index (χ0v) is 12.6. The van der Waals surface area contributed by atoms with Crippen molar-refractivity contribution in [3.05, 3.63) is 49.5 Å². The highest BCUT2D eigenvalue weighted by molar-refractivity contribution is 9.11. The van der Waals surface area contributed by atoms with Crippen LogP contribution in [0.5, 0.6) is 0 Å². The minimum Gasteiger partial charge on any atom is -0.379 e. The molecule has 0 saturated carbocycles. The van der Waals surface area contributed by atoms with E-state index in [1.807, 2.05) is 18.3 Å². The van der Waals surface area contributed by atoms with Gasteiger partial charge in [0.2, 0.25) is 0 Å². The lowest BCUT2D eigenvalue weighted by molar-refractivity contribution is 0.655. The van der Waals surface area contributed by atoms with Crippen molar-refractivity contribution in [1.29, 1.82) is 0 Å². The fourth-order valence-electron chi connectivity index (χ4n) is 1.69. The van der Waals surface area contributed by atoms with E-state index in [1.54, 1.807) is 22.0 Å². The molecule has 0 atom stereocenters. The van der Waals surface area contributed by atoms with Gasteiger partial charge < -0.3 is 9.88 Å². The molecular weight excluding hydrogens is 312 g/mol. The Kier molecular flexibility index (Phi) is 4.60. The minimum atomic E-state index is 0.0567. The van der Waals surface area contributed by atoms with Crippen LogP contribution in [-0.4, -0.2) is 4.57 Å². The molecular formula is C13H15BrN2OS. The summed E-state index contributed by atoms with van der Waals surface area (Å²) in [7, 11) is 0. The van der Waals surface area contributed by atoms with Gasteiger partial charge in [-0.15, -0.1) is 11.3 Å². The molecule has 2 rings (SSSR count). The second-order valence-corrected chi connectivity index (χ2v) is 6.56. The Morgan fingerprint density at radius 2 is 2.17 bits per heavy atom. The SMILES string of the molecule is CCCn1cc(NCc2ccc(Br)s2)ccc1=O. The van der Waals surface area contributed by atoms with Gasteiger partial charge in [-0.05, 0) is 40.5 Å². The first-order valence-corrected chi connectivity index (χ1v) is 7.48. The molecule has 0 fully saturated rings. The van der Waals surface area contributed by atoms with Gasteiger partial charge in [-0.3, -0.25) is 4.79 Å². The van der Waals surface area contributed by atoms with Crippen molar-refractivity contribution in [3.63, 3.8) is 0 Å². The first-order chi connectivity index (χ1) is 8.69. The Morgan fingerprint density at radius 3 is 2.83 bits per heavy atom. The van der Waals surface area contributed by atoms with E-state index in [0.29, 0.717) is 0 Å². The smallest absolute Gasteiger partial charge is 0.250 e. The molecule has 0 aliphatic heterocycles. The van der Waals surface area contributed by atoms with Crippen molar-refractivity contribution >= 4 is 33.0 Å². The maximum atomic E-state index is 11.6. The van der Waals surface area contributed by atoms with Crippen LogP contribution in [0.2, 0.25) is 0 Å². The topological polar surface area (TPSA) is 34.0 Å². The van der Waals surface area contributed by atoms with E-state index in [9.17, 15) is 4.79 Å². The number of pyridine rings is 1. The molecule has 5 heteroatoms. The van der Waals surface area contributed by atoms with Crippen molar-refractivity contribution in [2.45, 2.75) is 26.4 Å². The maximum Gasteiger partial charge on any atom is 0.250 e. The predicted octanol–water partition coefficient (Wildman–Crippen LogP) is 3.69. The lowest BCUT2D eigenvalue weighted by atomic mass is 10.3. The zero-order valence-electron chi connectivity index (χ0n) is 10.1. The number of aryl methyl sites for hydroxylation is 1. The Balaban J connectivity index is 2.05. The average Bonchev–Trinajstić information content (AvgIpc) is 2.76. The summed E-state index contributed by atoms with van der Waals surface area (Å²) in [5.74, 6) is 0. The molecule has 2 aromatic heterocycles. The molecule has 2 aromatic rings. The summed E-state index contributed by atoms with van der Waals surface area (Å²) in [5.41, 5.74) is 1.04. The molecule has 0 aliphatic carbocycles. The third kappa shape index (κ3) is 3.46. The molecule has 3 nitrogen and oxygen atoms in total. The van der Waals surface area contributed by atoms with E-state index >= 15 is 0 Å². The number of nitrogens with one attached hydrogen (secondary N) is 1. The van der Waals surface area contributed by atoms with Gasteiger partial charge in [0, 0.05) is 30.2 Å². The molecule has 0 spiro atoms. The molecule has 0 aromatic carbocycles. The molecule has 96 valence electrons. The van der Waals surface area contributed by atoms with Crippen LogP contribution in [-0.2, 0) is 13.1 Å². The van der Waals surface area contributed by atoms with Crippen molar-refractivity contribution < 1.29 is 0 Å². The number of thiophene rings is 1. The average molecular weight is 327 g/mol. The molecule has 0 bridgehead atoms. The van der Waals surface area contributed by atoms with Crippen molar-refractivity contribution in [1.82, 2.24) is 4.57 Å². The van der Waals surface area contributed by atoms with Crippen molar-refractivity contribution in [2.24, 2.45) is 0 Å². The van der Waals surface area contributed by atoms with Crippen LogP contribution in [0.4, 0.5) is 5.69 Å². The molecule has 1 N–H and O–H groups in total. The summed E-state index contributed by atoms with van der Waals surface area (Å²) < 4.78 is 2.88. The first kappa shape index (κ1) is 13.4. The quantitative estimate of drug-likeness (QED) is 0.909. The van der Waals surface area contributed by atoms with E-state index in [4.69, 9.17) is 0 Å². The van der Waals surface area contributed by atoms with E-state index < -0.39 is 0 Å². The van der Waals surface area contributed by atoms with E-state index in [0.717, 1.165) is 29.0 Å². The maximum absolute atomic E-state index is 11.6. The second-order valence-electron chi connectivity index (χ2n) is 4.01. The largest absolute Gasteiger partial charge is 0.379 e. The first-order valence-electron chi connectivity index (χ1n) is 5.87. The number of aromatic nitrogens is 1. The van der Waals surface area contributed by atoms with Crippen LogP contribution in [0.3, 0.4) is 0 Å². The summed E-state index contributed by atoms with van der Waals surface area (Å²) in [5, 5.41) is 3.33. The summed E-state index contributed by atoms with van der Waals surface area (Å²) >= 11 is 5.16. The Labute approximate surface area is 119 Å². The summed E-state index contributed by atoms with van der Waals surface area (Å²) in [6.07, 6.45) is 2.84. The van der Waals surface area contributed by atoms with E-state index in [2.05, 4.69) is 34.2 Å². The van der Waals surface area contributed by atoms with Crippen LogP contribution in [0, 0.1) is 0 Å². The molecule has 0 unspecified atom stereocenters. The summed E-state index contributed by atoms with van der Waals surface area (Å²) in [6, 6.07) is 7.57. The Bertz CT molecular complexity index is 576. The normalized spacial score (nSPS) is 10.6. The van der Waals surface area contributed by atoms with Gasteiger partial charge in [0.15, 0.2) is 0 Å². The van der Waals surface area contributed by atoms with Gasteiger partial charge >= 0.3 is 0 Å². The number of nitrogens with zero attached hydrogens (tertiary/aromatic N) is 1. The van der Waals surface area contributed by atoms with E-state index in [-0.39, 0.29) is 5.56 Å². The fourth-order valence-corrected chi connectivity index (χ4v) is 3.11. The van der Waals surface area contributed by atoms with Crippen LogP contribution in [0.25, 0.3) is 0 Å². The van der Waals surface area contributed by atoms with Gasteiger partial charge in [-0.25, -0.2) is 0 Å². The zero-order chi connectivity index (χ0) is 13.0. The second kappa shape index (κ2) is 6.20. The molecule has 0 saturated heterocycles. The number of hydrogen-bond donors (Lipinski definition) is 1. The minimum absolute atomic E-state index is 0.0567. The van der Waals surface area contributed by atoms with Crippen LogP contribution in [0.15, 0.2) is 39.0 Å². The standard InChI is InChI=1S/C13H15BrN2OS/c1-2-7-16-9-10(3-6-13(16)17)15-8-11-4-5-12(14)18-11/h3-6,9,15H,2,7-8H2,1H3. The third-order valence-corrected chi connectivity index (χ3v) is 4.17. The van der Waals surface area contributed by atoms with Gasteiger partial charge in [-0.1, -0.05) is 6.92 Å². The van der Waals surface area contributed by atoms with Gasteiger partial charge in [0.05, 0.1) is 9.47 Å². The third-order valence-electron chi connectivity index (χ3n) is 2.54. The van der Waals surface area contributed by atoms with Crippen molar-refractivity contribution in [3.8, 4) is 0 Å². The lowest BCUT2D eigenvalue weighted by Gasteiger charge is -2.08. The van der Waals surface area contributed by atoms with Gasteiger partial charge in [-0.2, -0.15) is 0 Å². The highest BCUT2D eigenvalue weighted by Crippen LogP contribution is 2.22. The summed E-state index contributed by atoms with van der Waals surface area (Å²) in [4.78, 5) is 12.8. The van der Waals surface area contributed by atoms with Crippen LogP contribution in [0.1, 0.15) is 18.2 Å². The lowest BCUT2D eigenvalue weighted by Crippen LogP contribution is -2.18. The van der Waals surface area contributed by atoms with Gasteiger partial charge in [0.1, 0.15) is 0 Å². The Hall–Kier alpha value is -1.07. The van der Waals surface area contributed by atoms with E-state index in [1.165, 1.54) is 4.88 Å².